The number of rotatable bonds is 7. The van der Waals surface area contributed by atoms with E-state index in [1.165, 1.54) is 26.2 Å². The molecule has 0 radical (unpaired) electrons. The first-order chi connectivity index (χ1) is 17.3. The van der Waals surface area contributed by atoms with E-state index >= 15 is 0 Å². The lowest BCUT2D eigenvalue weighted by molar-refractivity contribution is -0.141. The molecule has 2 aromatic rings. The molecule has 4 atom stereocenters. The minimum Gasteiger partial charge on any atom is -0.467 e. The summed E-state index contributed by atoms with van der Waals surface area (Å²) in [6, 6.07) is 7.22. The van der Waals surface area contributed by atoms with Crippen LogP contribution in [0.1, 0.15) is 74.6 Å². The third-order valence-corrected chi connectivity index (χ3v) is 8.16. The molecule has 194 valence electrons. The lowest BCUT2D eigenvalue weighted by Gasteiger charge is -2.41. The number of hydrogen-bond donors (Lipinski definition) is 2. The highest BCUT2D eigenvalue weighted by molar-refractivity contribution is 5.80. The minimum atomic E-state index is -0.331. The van der Waals surface area contributed by atoms with Gasteiger partial charge in [0.2, 0.25) is 5.91 Å². The van der Waals surface area contributed by atoms with E-state index in [0.29, 0.717) is 24.5 Å². The largest absolute Gasteiger partial charge is 0.467 e. The molecule has 1 aromatic carbocycles. The Hall–Kier alpha value is -2.94. The van der Waals surface area contributed by atoms with Crippen molar-refractivity contribution in [1.29, 1.82) is 0 Å². The van der Waals surface area contributed by atoms with Gasteiger partial charge in [-0.25, -0.2) is 14.2 Å². The maximum atomic E-state index is 13.9. The molecular formula is C27H36FN5O3. The summed E-state index contributed by atoms with van der Waals surface area (Å²) in [5.74, 6) is 1.35. The average molecular weight is 498 g/mol. The van der Waals surface area contributed by atoms with E-state index < -0.39 is 0 Å². The Morgan fingerprint density at radius 2 is 1.97 bits per heavy atom. The van der Waals surface area contributed by atoms with Crippen molar-refractivity contribution in [3.05, 3.63) is 47.2 Å². The molecule has 36 heavy (non-hydrogen) atoms. The number of fused-ring (bicyclic) bond motifs is 3. The second kappa shape index (κ2) is 10.2. The molecular weight excluding hydrogens is 461 g/mol. The fourth-order valence-corrected chi connectivity index (χ4v) is 6.60. The smallest absolute Gasteiger partial charge is 0.328 e. The second-order valence-electron chi connectivity index (χ2n) is 10.4. The summed E-state index contributed by atoms with van der Waals surface area (Å²) < 4.78 is 21.1. The van der Waals surface area contributed by atoms with Crippen LogP contribution in [0.3, 0.4) is 0 Å². The zero-order chi connectivity index (χ0) is 25.4. The van der Waals surface area contributed by atoms with Gasteiger partial charge in [0.05, 0.1) is 18.8 Å². The summed E-state index contributed by atoms with van der Waals surface area (Å²) in [6.45, 7) is 4.42. The second-order valence-corrected chi connectivity index (χ2v) is 10.4. The number of anilines is 1. The first-order valence-corrected chi connectivity index (χ1v) is 13.0. The maximum absolute atomic E-state index is 13.9. The van der Waals surface area contributed by atoms with E-state index in [-0.39, 0.29) is 29.8 Å². The van der Waals surface area contributed by atoms with Crippen molar-refractivity contribution in [2.24, 2.45) is 0 Å². The first-order valence-electron chi connectivity index (χ1n) is 13.0. The quantitative estimate of drug-likeness (QED) is 0.568. The van der Waals surface area contributed by atoms with Gasteiger partial charge in [-0.05, 0) is 69.6 Å². The van der Waals surface area contributed by atoms with Crippen molar-refractivity contribution in [2.75, 3.05) is 19.0 Å². The van der Waals surface area contributed by atoms with Gasteiger partial charge in [0.1, 0.15) is 23.5 Å². The number of amides is 1. The zero-order valence-corrected chi connectivity index (χ0v) is 21.3. The minimum absolute atomic E-state index is 0.107. The highest BCUT2D eigenvalue weighted by Gasteiger charge is 2.43. The van der Waals surface area contributed by atoms with Crippen LogP contribution >= 0.6 is 0 Å². The van der Waals surface area contributed by atoms with Gasteiger partial charge in [0, 0.05) is 31.6 Å². The van der Waals surface area contributed by atoms with E-state index in [1.807, 2.05) is 6.07 Å². The Morgan fingerprint density at radius 3 is 2.64 bits per heavy atom. The SMILES string of the molecule is COC(=O)C1CCc2nc(C)n(C3CC4CCC(C3)N4CC[C@H](NC(C)=O)c3cccc(F)c3)c2N1. The Labute approximate surface area is 211 Å². The molecule has 5 rings (SSSR count). The predicted molar refractivity (Wildman–Crippen MR) is 134 cm³/mol. The number of carbonyl (C=O) groups is 2. The van der Waals surface area contributed by atoms with Crippen molar-refractivity contribution in [3.8, 4) is 0 Å². The average Bonchev–Trinajstić information content (AvgIpc) is 3.30. The zero-order valence-electron chi connectivity index (χ0n) is 21.3. The molecule has 2 N–H and O–H groups in total. The Morgan fingerprint density at radius 1 is 1.22 bits per heavy atom. The van der Waals surface area contributed by atoms with Gasteiger partial charge >= 0.3 is 5.97 Å². The van der Waals surface area contributed by atoms with Gasteiger partial charge in [-0.2, -0.15) is 0 Å². The molecule has 3 unspecified atom stereocenters. The summed E-state index contributed by atoms with van der Waals surface area (Å²) >= 11 is 0. The molecule has 2 bridgehead atoms. The lowest BCUT2D eigenvalue weighted by atomic mass is 9.95. The van der Waals surface area contributed by atoms with Crippen LogP contribution in [0.5, 0.6) is 0 Å². The van der Waals surface area contributed by atoms with Gasteiger partial charge < -0.3 is 19.9 Å². The summed E-state index contributed by atoms with van der Waals surface area (Å²) in [7, 11) is 1.43. The molecule has 0 aliphatic carbocycles. The van der Waals surface area contributed by atoms with Gasteiger partial charge in [0.25, 0.3) is 0 Å². The fraction of sp³-hybridized carbons (Fsp3) is 0.593. The van der Waals surface area contributed by atoms with E-state index in [9.17, 15) is 14.0 Å². The maximum Gasteiger partial charge on any atom is 0.328 e. The van der Waals surface area contributed by atoms with Crippen LogP contribution in [0.2, 0.25) is 0 Å². The number of esters is 1. The summed E-state index contributed by atoms with van der Waals surface area (Å²) in [4.78, 5) is 31.4. The number of piperidine rings is 1. The van der Waals surface area contributed by atoms with Crippen molar-refractivity contribution in [2.45, 2.75) is 89.0 Å². The number of ether oxygens (including phenoxy) is 1. The van der Waals surface area contributed by atoms with Crippen LogP contribution < -0.4 is 10.6 Å². The van der Waals surface area contributed by atoms with Crippen LogP contribution in [0.4, 0.5) is 10.2 Å². The normalized spacial score (nSPS) is 26.1. The number of carbonyl (C=O) groups excluding carboxylic acids is 2. The van der Waals surface area contributed by atoms with Crippen molar-refractivity contribution < 1.29 is 18.7 Å². The van der Waals surface area contributed by atoms with E-state index in [2.05, 4.69) is 27.0 Å². The summed E-state index contributed by atoms with van der Waals surface area (Å²) in [6.07, 6.45) is 6.56. The van der Waals surface area contributed by atoms with E-state index in [4.69, 9.17) is 9.72 Å². The number of halogens is 1. The number of imidazole rings is 1. The number of aryl methyl sites for hydroxylation is 2. The van der Waals surface area contributed by atoms with Crippen LogP contribution in [0.15, 0.2) is 24.3 Å². The monoisotopic (exact) mass is 497 g/mol. The molecule has 1 amide bonds. The van der Waals surface area contributed by atoms with Gasteiger partial charge in [-0.1, -0.05) is 12.1 Å². The molecule has 0 saturated carbocycles. The number of methoxy groups -OCH3 is 1. The molecule has 2 saturated heterocycles. The standard InChI is InChI=1S/C27H36FN5O3/c1-16-29-24-9-10-25(27(35)36-3)31-26(24)33(16)22-14-20-7-8-21(15-22)32(20)12-11-23(30-17(2)34)18-5-4-6-19(28)13-18/h4-6,13,20-23,25,31H,7-12,14-15H2,1-3H3,(H,30,34)/t20?,21?,22?,23-,25?/m0/s1. The summed E-state index contributed by atoms with van der Waals surface area (Å²) in [5.41, 5.74) is 1.84. The first kappa shape index (κ1) is 24.7. The number of aromatic nitrogens is 2. The van der Waals surface area contributed by atoms with Crippen molar-refractivity contribution in [3.63, 3.8) is 0 Å². The molecule has 3 aliphatic heterocycles. The van der Waals surface area contributed by atoms with Crippen molar-refractivity contribution >= 4 is 17.7 Å². The highest BCUT2D eigenvalue weighted by atomic mass is 19.1. The number of benzene rings is 1. The Bertz CT molecular complexity index is 1120. The van der Waals surface area contributed by atoms with Crippen LogP contribution in [-0.2, 0) is 20.7 Å². The predicted octanol–water partition coefficient (Wildman–Crippen LogP) is 3.67. The number of hydrogen-bond acceptors (Lipinski definition) is 6. The molecule has 4 heterocycles. The third kappa shape index (κ3) is 4.85. The molecule has 1 aromatic heterocycles. The summed E-state index contributed by atoms with van der Waals surface area (Å²) in [5, 5.41) is 6.43. The molecule has 2 fully saturated rings. The molecule has 3 aliphatic rings. The van der Waals surface area contributed by atoms with Gasteiger partial charge in [-0.15, -0.1) is 0 Å². The van der Waals surface area contributed by atoms with Crippen LogP contribution in [0, 0.1) is 12.7 Å². The highest BCUT2D eigenvalue weighted by Crippen LogP contribution is 2.44. The van der Waals surface area contributed by atoms with Gasteiger partial charge in [0.15, 0.2) is 0 Å². The fourth-order valence-electron chi connectivity index (χ4n) is 6.60. The van der Waals surface area contributed by atoms with Crippen LogP contribution in [-0.4, -0.2) is 58.1 Å². The Kier molecular flexibility index (Phi) is 7.01. The molecule has 8 nitrogen and oxygen atoms in total. The van der Waals surface area contributed by atoms with Crippen molar-refractivity contribution in [1.82, 2.24) is 19.8 Å². The van der Waals surface area contributed by atoms with E-state index in [0.717, 1.165) is 68.0 Å². The molecule has 0 spiro atoms. The topological polar surface area (TPSA) is 88.5 Å². The van der Waals surface area contributed by atoms with E-state index in [1.54, 1.807) is 6.07 Å². The van der Waals surface area contributed by atoms with Gasteiger partial charge in [-0.3, -0.25) is 9.69 Å². The number of nitrogens with one attached hydrogen (secondary N) is 2. The number of nitrogens with zero attached hydrogens (tertiary/aromatic N) is 3. The lowest BCUT2D eigenvalue weighted by Crippen LogP contribution is -2.45. The Balaban J connectivity index is 1.28. The van der Waals surface area contributed by atoms with Crippen LogP contribution in [0.25, 0.3) is 0 Å². The molecule has 9 heteroatoms. The third-order valence-electron chi connectivity index (χ3n) is 8.16.